The molecule has 24 heavy (non-hydrogen) atoms. The van der Waals surface area contributed by atoms with Crippen LogP contribution in [0.15, 0.2) is 41.2 Å². The van der Waals surface area contributed by atoms with Crippen LogP contribution in [0.3, 0.4) is 0 Å². The van der Waals surface area contributed by atoms with Crippen molar-refractivity contribution in [2.24, 2.45) is 0 Å². The molecule has 1 aliphatic carbocycles. The molecule has 2 aromatic rings. The Labute approximate surface area is 145 Å². The molecule has 1 amide bonds. The molecule has 6 heteroatoms. The zero-order valence-corrected chi connectivity index (χ0v) is 14.3. The summed E-state index contributed by atoms with van der Waals surface area (Å²) in [5.74, 6) is 1.23. The number of nitrogens with one attached hydrogen (secondary N) is 1. The largest absolute Gasteiger partial charge is 0.354 e. The van der Waals surface area contributed by atoms with E-state index in [-0.39, 0.29) is 11.5 Å². The van der Waals surface area contributed by atoms with Crippen LogP contribution in [0.4, 0.5) is 0 Å². The lowest BCUT2D eigenvalue weighted by Gasteiger charge is -2.08. The third-order valence-corrected chi connectivity index (χ3v) is 5.02. The Morgan fingerprint density at radius 2 is 2.08 bits per heavy atom. The van der Waals surface area contributed by atoms with Gasteiger partial charge in [-0.2, -0.15) is 5.10 Å². The van der Waals surface area contributed by atoms with Gasteiger partial charge in [0.15, 0.2) is 0 Å². The summed E-state index contributed by atoms with van der Waals surface area (Å²) in [7, 11) is 0. The molecule has 0 aliphatic heterocycles. The van der Waals surface area contributed by atoms with Crippen LogP contribution in [0.1, 0.15) is 23.2 Å². The third-order valence-electron chi connectivity index (χ3n) is 4.01. The monoisotopic (exact) mass is 343 g/mol. The maximum absolute atomic E-state index is 12.0. The zero-order valence-electron chi connectivity index (χ0n) is 13.5. The summed E-state index contributed by atoms with van der Waals surface area (Å²) in [6.45, 7) is 0.845. The van der Waals surface area contributed by atoms with Crippen LogP contribution in [0.25, 0.3) is 0 Å². The molecule has 0 saturated carbocycles. The summed E-state index contributed by atoms with van der Waals surface area (Å²) in [4.78, 5) is 23.8. The fraction of sp³-hybridized carbons (Fsp3) is 0.389. The van der Waals surface area contributed by atoms with E-state index in [1.807, 2.05) is 18.2 Å². The van der Waals surface area contributed by atoms with Crippen molar-refractivity contribution in [3.05, 3.63) is 63.6 Å². The smallest absolute Gasteiger partial charge is 0.267 e. The number of hydrogen-bond donors (Lipinski definition) is 1. The number of thioether (sulfide) groups is 1. The molecular weight excluding hydrogens is 322 g/mol. The number of rotatable bonds is 7. The Kier molecular flexibility index (Phi) is 5.69. The van der Waals surface area contributed by atoms with Gasteiger partial charge in [0.25, 0.3) is 5.56 Å². The zero-order chi connectivity index (χ0) is 16.8. The van der Waals surface area contributed by atoms with E-state index in [4.69, 9.17) is 0 Å². The first-order valence-electron chi connectivity index (χ1n) is 8.20. The van der Waals surface area contributed by atoms with Crippen LogP contribution in [0, 0.1) is 0 Å². The number of amides is 1. The summed E-state index contributed by atoms with van der Waals surface area (Å²) in [5, 5.41) is 7.25. The SMILES string of the molecule is O=C(CSCc1ccccc1)NCCn1nc2c(cc1=O)CCC2. The predicted octanol–water partition coefficient (Wildman–Crippen LogP) is 1.78. The lowest BCUT2D eigenvalue weighted by atomic mass is 10.2. The Morgan fingerprint density at radius 1 is 1.25 bits per heavy atom. The molecule has 5 nitrogen and oxygen atoms in total. The second kappa shape index (κ2) is 8.15. The second-order valence-corrected chi connectivity index (χ2v) is 6.85. The normalized spacial score (nSPS) is 12.8. The number of carbonyl (C=O) groups is 1. The lowest BCUT2D eigenvalue weighted by Crippen LogP contribution is -2.33. The second-order valence-electron chi connectivity index (χ2n) is 5.86. The number of aromatic nitrogens is 2. The summed E-state index contributed by atoms with van der Waals surface area (Å²) in [6.07, 6.45) is 2.97. The number of nitrogens with zero attached hydrogens (tertiary/aromatic N) is 2. The molecule has 1 aromatic heterocycles. The Morgan fingerprint density at radius 3 is 2.92 bits per heavy atom. The average molecular weight is 343 g/mol. The van der Waals surface area contributed by atoms with E-state index in [2.05, 4.69) is 22.5 Å². The molecule has 0 atom stereocenters. The van der Waals surface area contributed by atoms with Crippen LogP contribution >= 0.6 is 11.8 Å². The first-order valence-corrected chi connectivity index (χ1v) is 9.36. The van der Waals surface area contributed by atoms with Gasteiger partial charge in [-0.25, -0.2) is 4.68 Å². The molecule has 0 saturated heterocycles. The Bertz CT molecular complexity index is 759. The molecule has 0 bridgehead atoms. The van der Waals surface area contributed by atoms with Crippen LogP contribution in [-0.2, 0) is 29.9 Å². The van der Waals surface area contributed by atoms with E-state index in [1.54, 1.807) is 17.8 Å². The van der Waals surface area contributed by atoms with Gasteiger partial charge < -0.3 is 5.32 Å². The van der Waals surface area contributed by atoms with Gasteiger partial charge in [0.05, 0.1) is 18.0 Å². The average Bonchev–Trinajstić information content (AvgIpc) is 3.03. The molecule has 0 radical (unpaired) electrons. The molecule has 3 rings (SSSR count). The van der Waals surface area contributed by atoms with E-state index >= 15 is 0 Å². The quantitative estimate of drug-likeness (QED) is 0.832. The molecule has 0 spiro atoms. The highest BCUT2D eigenvalue weighted by Gasteiger charge is 2.14. The summed E-state index contributed by atoms with van der Waals surface area (Å²) in [6, 6.07) is 11.8. The molecular formula is C18H21N3O2S. The summed E-state index contributed by atoms with van der Waals surface area (Å²) in [5.41, 5.74) is 3.24. The van der Waals surface area contributed by atoms with Gasteiger partial charge in [0.1, 0.15) is 0 Å². The first-order chi connectivity index (χ1) is 11.7. The van der Waals surface area contributed by atoms with Gasteiger partial charge in [0, 0.05) is 18.4 Å². The van der Waals surface area contributed by atoms with Gasteiger partial charge in [-0.1, -0.05) is 30.3 Å². The highest BCUT2D eigenvalue weighted by Crippen LogP contribution is 2.16. The van der Waals surface area contributed by atoms with Gasteiger partial charge in [0.2, 0.25) is 5.91 Å². The van der Waals surface area contributed by atoms with Crippen LogP contribution < -0.4 is 10.9 Å². The van der Waals surface area contributed by atoms with Crippen LogP contribution in [0.5, 0.6) is 0 Å². The van der Waals surface area contributed by atoms with Crippen molar-refractivity contribution in [1.29, 1.82) is 0 Å². The lowest BCUT2D eigenvalue weighted by molar-refractivity contribution is -0.118. The fourth-order valence-corrected chi connectivity index (χ4v) is 3.61. The van der Waals surface area contributed by atoms with Crippen molar-refractivity contribution < 1.29 is 4.79 Å². The third kappa shape index (κ3) is 4.47. The Hall–Kier alpha value is -2.08. The van der Waals surface area contributed by atoms with Crippen LogP contribution in [-0.4, -0.2) is 28.0 Å². The maximum Gasteiger partial charge on any atom is 0.267 e. The summed E-state index contributed by atoms with van der Waals surface area (Å²) >= 11 is 1.58. The number of carbonyl (C=O) groups excluding carboxylic acids is 1. The number of aryl methyl sites for hydroxylation is 2. The van der Waals surface area contributed by atoms with Gasteiger partial charge in [-0.3, -0.25) is 9.59 Å². The van der Waals surface area contributed by atoms with Crippen molar-refractivity contribution in [2.45, 2.75) is 31.6 Å². The highest BCUT2D eigenvalue weighted by atomic mass is 32.2. The number of hydrogen-bond acceptors (Lipinski definition) is 4. The van der Waals surface area contributed by atoms with E-state index in [9.17, 15) is 9.59 Å². The van der Waals surface area contributed by atoms with Gasteiger partial charge >= 0.3 is 0 Å². The van der Waals surface area contributed by atoms with E-state index in [0.29, 0.717) is 18.8 Å². The molecule has 1 aromatic carbocycles. The minimum Gasteiger partial charge on any atom is -0.354 e. The van der Waals surface area contributed by atoms with Crippen molar-refractivity contribution in [2.75, 3.05) is 12.3 Å². The van der Waals surface area contributed by atoms with Crippen LogP contribution in [0.2, 0.25) is 0 Å². The van der Waals surface area contributed by atoms with E-state index in [0.717, 1.165) is 36.3 Å². The Balaban J connectivity index is 1.40. The molecule has 0 unspecified atom stereocenters. The highest BCUT2D eigenvalue weighted by molar-refractivity contribution is 7.99. The standard InChI is InChI=1S/C18H21N3O2S/c22-17(13-24-12-14-5-2-1-3-6-14)19-9-10-21-18(23)11-15-7-4-8-16(15)20-21/h1-3,5-6,11H,4,7-10,12-13H2,(H,19,22). The van der Waals surface area contributed by atoms with Crippen molar-refractivity contribution in [3.8, 4) is 0 Å². The van der Waals surface area contributed by atoms with Gasteiger partial charge in [-0.15, -0.1) is 11.8 Å². The molecule has 1 aliphatic rings. The molecule has 0 fully saturated rings. The minimum absolute atomic E-state index is 0.00913. The predicted molar refractivity (Wildman–Crippen MR) is 96.1 cm³/mol. The molecule has 126 valence electrons. The minimum atomic E-state index is -0.0802. The topological polar surface area (TPSA) is 64.0 Å². The molecule has 1 N–H and O–H groups in total. The number of fused-ring (bicyclic) bond motifs is 1. The van der Waals surface area contributed by atoms with Gasteiger partial charge in [-0.05, 0) is 30.4 Å². The fourth-order valence-electron chi connectivity index (χ4n) is 2.79. The molecule has 1 heterocycles. The van der Waals surface area contributed by atoms with E-state index in [1.165, 1.54) is 10.2 Å². The van der Waals surface area contributed by atoms with Crippen molar-refractivity contribution in [3.63, 3.8) is 0 Å². The number of benzene rings is 1. The maximum atomic E-state index is 12.0. The first kappa shape index (κ1) is 16.8. The van der Waals surface area contributed by atoms with Crippen molar-refractivity contribution >= 4 is 17.7 Å². The van der Waals surface area contributed by atoms with Crippen molar-refractivity contribution in [1.82, 2.24) is 15.1 Å². The van der Waals surface area contributed by atoms with E-state index < -0.39 is 0 Å². The summed E-state index contributed by atoms with van der Waals surface area (Å²) < 4.78 is 1.46.